The Morgan fingerprint density at radius 3 is 2.63 bits per heavy atom. The van der Waals surface area contributed by atoms with E-state index in [-0.39, 0.29) is 12.3 Å². The summed E-state index contributed by atoms with van der Waals surface area (Å²) in [6.07, 6.45) is 0.979. The van der Waals surface area contributed by atoms with E-state index in [1.807, 2.05) is 0 Å². The van der Waals surface area contributed by atoms with E-state index in [9.17, 15) is 14.4 Å². The first-order valence-electron chi connectivity index (χ1n) is 5.72. The highest BCUT2D eigenvalue weighted by Gasteiger charge is 2.35. The van der Waals surface area contributed by atoms with Gasteiger partial charge in [-0.25, -0.2) is 14.5 Å². The normalized spacial score (nSPS) is 16.7. The molecule has 6 heteroatoms. The summed E-state index contributed by atoms with van der Waals surface area (Å²) < 4.78 is 4.69. The number of anilines is 1. The van der Waals surface area contributed by atoms with E-state index >= 15 is 0 Å². The summed E-state index contributed by atoms with van der Waals surface area (Å²) in [6, 6.07) is 7.87. The highest BCUT2D eigenvalue weighted by Crippen LogP contribution is 2.20. The summed E-state index contributed by atoms with van der Waals surface area (Å²) in [5.41, 5.74) is 0.351. The molecule has 6 nitrogen and oxygen atoms in total. The van der Waals surface area contributed by atoms with Crippen molar-refractivity contribution >= 4 is 23.6 Å². The second-order valence-electron chi connectivity index (χ2n) is 3.72. The van der Waals surface area contributed by atoms with Crippen LogP contribution in [-0.2, 0) is 14.3 Å². The van der Waals surface area contributed by atoms with Crippen molar-refractivity contribution in [2.24, 2.45) is 0 Å². The van der Waals surface area contributed by atoms with Crippen LogP contribution in [0, 0.1) is 0 Å². The molecular formula is C13H12N2O4. The SMILES string of the molecule is CCOC(=O)C=C1NC(=O)N(c2ccccc2)C1=O. The van der Waals surface area contributed by atoms with Gasteiger partial charge < -0.3 is 10.1 Å². The van der Waals surface area contributed by atoms with Crippen molar-refractivity contribution < 1.29 is 19.1 Å². The third-order valence-electron chi connectivity index (χ3n) is 2.44. The van der Waals surface area contributed by atoms with Gasteiger partial charge in [0.25, 0.3) is 5.91 Å². The van der Waals surface area contributed by atoms with Crippen molar-refractivity contribution in [3.63, 3.8) is 0 Å². The summed E-state index contributed by atoms with van der Waals surface area (Å²) in [4.78, 5) is 36.0. The van der Waals surface area contributed by atoms with Gasteiger partial charge in [-0.1, -0.05) is 18.2 Å². The molecule has 0 aliphatic carbocycles. The van der Waals surface area contributed by atoms with Gasteiger partial charge in [-0.2, -0.15) is 0 Å². The minimum absolute atomic E-state index is 0.0905. The highest BCUT2D eigenvalue weighted by molar-refractivity contribution is 6.27. The Hall–Kier alpha value is -2.63. The van der Waals surface area contributed by atoms with Crippen LogP contribution in [-0.4, -0.2) is 24.5 Å². The van der Waals surface area contributed by atoms with E-state index in [1.165, 1.54) is 0 Å². The van der Waals surface area contributed by atoms with Crippen LogP contribution in [0.4, 0.5) is 10.5 Å². The first-order valence-corrected chi connectivity index (χ1v) is 5.72. The topological polar surface area (TPSA) is 75.7 Å². The molecule has 0 atom stereocenters. The molecular weight excluding hydrogens is 248 g/mol. The Bertz CT molecular complexity index is 551. The number of nitrogens with zero attached hydrogens (tertiary/aromatic N) is 1. The van der Waals surface area contributed by atoms with Crippen LogP contribution in [0.1, 0.15) is 6.92 Å². The predicted molar refractivity (Wildman–Crippen MR) is 67.2 cm³/mol. The molecule has 1 N–H and O–H groups in total. The number of urea groups is 1. The molecule has 1 saturated heterocycles. The Morgan fingerprint density at radius 2 is 2.00 bits per heavy atom. The van der Waals surface area contributed by atoms with E-state index in [2.05, 4.69) is 5.32 Å². The zero-order valence-corrected chi connectivity index (χ0v) is 10.3. The number of nitrogens with one attached hydrogen (secondary N) is 1. The summed E-state index contributed by atoms with van der Waals surface area (Å²) in [5.74, 6) is -1.25. The quantitative estimate of drug-likeness (QED) is 0.503. The molecule has 1 aliphatic rings. The Morgan fingerprint density at radius 1 is 1.32 bits per heavy atom. The maximum Gasteiger partial charge on any atom is 0.333 e. The van der Waals surface area contributed by atoms with Crippen LogP contribution in [0.2, 0.25) is 0 Å². The third-order valence-corrected chi connectivity index (χ3v) is 2.44. The summed E-state index contributed by atoms with van der Waals surface area (Å²) in [7, 11) is 0. The van der Waals surface area contributed by atoms with Gasteiger partial charge >= 0.3 is 12.0 Å². The van der Waals surface area contributed by atoms with E-state index in [0.717, 1.165) is 11.0 Å². The number of para-hydroxylation sites is 1. The maximum atomic E-state index is 12.0. The van der Waals surface area contributed by atoms with E-state index in [1.54, 1.807) is 37.3 Å². The molecule has 1 heterocycles. The number of hydrogen-bond acceptors (Lipinski definition) is 4. The lowest BCUT2D eigenvalue weighted by Crippen LogP contribution is -2.30. The predicted octanol–water partition coefficient (Wildman–Crippen LogP) is 1.19. The number of ether oxygens (including phenoxy) is 1. The number of amides is 3. The van der Waals surface area contributed by atoms with Crippen LogP contribution < -0.4 is 10.2 Å². The van der Waals surface area contributed by atoms with Crippen LogP contribution in [0.15, 0.2) is 42.1 Å². The minimum atomic E-state index is -0.666. The lowest BCUT2D eigenvalue weighted by atomic mass is 10.3. The van der Waals surface area contributed by atoms with Gasteiger partial charge in [-0.15, -0.1) is 0 Å². The van der Waals surface area contributed by atoms with Crippen LogP contribution in [0.25, 0.3) is 0 Å². The second kappa shape index (κ2) is 5.34. The molecule has 0 spiro atoms. The summed E-state index contributed by atoms with van der Waals surface area (Å²) in [6.45, 7) is 1.86. The molecule has 3 amide bonds. The van der Waals surface area contributed by atoms with Crippen LogP contribution >= 0.6 is 0 Å². The molecule has 19 heavy (non-hydrogen) atoms. The smallest absolute Gasteiger partial charge is 0.333 e. The Labute approximate surface area is 109 Å². The number of carbonyl (C=O) groups is 3. The number of benzene rings is 1. The number of rotatable bonds is 3. The lowest BCUT2D eigenvalue weighted by molar-refractivity contribution is -0.137. The van der Waals surface area contributed by atoms with Crippen LogP contribution in [0.3, 0.4) is 0 Å². The van der Waals surface area contributed by atoms with Crippen molar-refractivity contribution in [3.05, 3.63) is 42.1 Å². The zero-order chi connectivity index (χ0) is 13.8. The van der Waals surface area contributed by atoms with Crippen molar-refractivity contribution in [3.8, 4) is 0 Å². The first kappa shape index (κ1) is 12.8. The lowest BCUT2D eigenvalue weighted by Gasteiger charge is -2.10. The number of esters is 1. The van der Waals surface area contributed by atoms with Gasteiger partial charge in [-0.3, -0.25) is 4.79 Å². The van der Waals surface area contributed by atoms with Gasteiger partial charge in [0.15, 0.2) is 0 Å². The molecule has 2 rings (SSSR count). The Balaban J connectivity index is 2.24. The minimum Gasteiger partial charge on any atom is -0.463 e. The molecule has 1 aromatic carbocycles. The highest BCUT2D eigenvalue weighted by atomic mass is 16.5. The first-order chi connectivity index (χ1) is 9.13. The number of imide groups is 1. The summed E-state index contributed by atoms with van der Waals surface area (Å²) >= 11 is 0. The van der Waals surface area contributed by atoms with Gasteiger partial charge in [0.2, 0.25) is 0 Å². The molecule has 0 bridgehead atoms. The zero-order valence-electron chi connectivity index (χ0n) is 10.3. The largest absolute Gasteiger partial charge is 0.463 e. The van der Waals surface area contributed by atoms with E-state index in [4.69, 9.17) is 4.74 Å². The van der Waals surface area contributed by atoms with E-state index < -0.39 is 17.9 Å². The van der Waals surface area contributed by atoms with Crippen LogP contribution in [0.5, 0.6) is 0 Å². The molecule has 1 fully saturated rings. The van der Waals surface area contributed by atoms with E-state index in [0.29, 0.717) is 5.69 Å². The van der Waals surface area contributed by atoms with Gasteiger partial charge in [-0.05, 0) is 19.1 Å². The molecule has 0 saturated carbocycles. The van der Waals surface area contributed by atoms with Gasteiger partial charge in [0.1, 0.15) is 5.70 Å². The average Bonchev–Trinajstić information content (AvgIpc) is 2.66. The molecule has 98 valence electrons. The fourth-order valence-electron chi connectivity index (χ4n) is 1.65. The van der Waals surface area contributed by atoms with Crippen molar-refractivity contribution in [2.45, 2.75) is 6.92 Å². The number of carbonyl (C=O) groups excluding carboxylic acids is 3. The van der Waals surface area contributed by atoms with Crippen molar-refractivity contribution in [2.75, 3.05) is 11.5 Å². The number of hydrogen-bond donors (Lipinski definition) is 1. The molecule has 0 radical (unpaired) electrons. The van der Waals surface area contributed by atoms with Crippen molar-refractivity contribution in [1.29, 1.82) is 0 Å². The third kappa shape index (κ3) is 2.62. The fourth-order valence-corrected chi connectivity index (χ4v) is 1.65. The molecule has 0 unspecified atom stereocenters. The molecule has 0 aromatic heterocycles. The van der Waals surface area contributed by atoms with Crippen molar-refractivity contribution in [1.82, 2.24) is 5.32 Å². The van der Waals surface area contributed by atoms with Gasteiger partial charge in [0, 0.05) is 0 Å². The molecule has 1 aromatic rings. The average molecular weight is 260 g/mol. The summed E-state index contributed by atoms with van der Waals surface area (Å²) in [5, 5.41) is 2.34. The maximum absolute atomic E-state index is 12.0. The standard InChI is InChI=1S/C13H12N2O4/c1-2-19-11(16)8-10-12(17)15(13(18)14-10)9-6-4-3-5-7-9/h3-8H,2H2,1H3,(H,14,18). The Kier molecular flexibility index (Phi) is 3.61. The van der Waals surface area contributed by atoms with Gasteiger partial charge in [0.05, 0.1) is 18.4 Å². The fraction of sp³-hybridized carbons (Fsp3) is 0.154. The monoisotopic (exact) mass is 260 g/mol. The second-order valence-corrected chi connectivity index (χ2v) is 3.72. The molecule has 1 aliphatic heterocycles.